The molecule has 6 nitrogen and oxygen atoms in total. The van der Waals surface area contributed by atoms with Crippen LogP contribution in [-0.4, -0.2) is 23.7 Å². The van der Waals surface area contributed by atoms with Gasteiger partial charge in [-0.05, 0) is 29.3 Å². The van der Waals surface area contributed by atoms with E-state index in [4.69, 9.17) is 15.7 Å². The number of aromatic nitrogens is 1. The number of esters is 1. The number of ether oxygens (including phenoxy) is 2. The highest BCUT2D eigenvalue weighted by atomic mass is 16.5. The van der Waals surface area contributed by atoms with Gasteiger partial charge >= 0.3 is 5.97 Å². The van der Waals surface area contributed by atoms with E-state index in [0.29, 0.717) is 13.0 Å². The molecule has 6 heteroatoms. The molecule has 0 fully saturated rings. The summed E-state index contributed by atoms with van der Waals surface area (Å²) < 4.78 is 11.7. The molecule has 1 atom stereocenters. The predicted octanol–water partition coefficient (Wildman–Crippen LogP) is 2.59. The van der Waals surface area contributed by atoms with Gasteiger partial charge in [0.05, 0.1) is 7.11 Å². The first-order valence-corrected chi connectivity index (χ1v) is 8.17. The van der Waals surface area contributed by atoms with Crippen molar-refractivity contribution >= 4 is 16.9 Å². The van der Waals surface area contributed by atoms with Crippen LogP contribution in [0, 0.1) is 11.5 Å². The fraction of sp³-hybridized carbons (Fsp3) is 0.200. The van der Waals surface area contributed by atoms with E-state index in [1.54, 1.807) is 7.11 Å². The zero-order valence-electron chi connectivity index (χ0n) is 14.4. The molecule has 0 bridgehead atoms. The number of hydrogen-bond acceptors (Lipinski definition) is 5. The third-order valence-electron chi connectivity index (χ3n) is 4.25. The van der Waals surface area contributed by atoms with Crippen LogP contribution < -0.4 is 10.5 Å². The van der Waals surface area contributed by atoms with Gasteiger partial charge in [-0.3, -0.25) is 0 Å². The zero-order valence-corrected chi connectivity index (χ0v) is 14.4. The number of para-hydroxylation sites is 1. The molecule has 132 valence electrons. The van der Waals surface area contributed by atoms with Crippen LogP contribution in [0.1, 0.15) is 11.1 Å². The molecule has 0 unspecified atom stereocenters. The van der Waals surface area contributed by atoms with Gasteiger partial charge in [0, 0.05) is 30.1 Å². The third kappa shape index (κ3) is 3.68. The molecular formula is C20H19N3O3. The summed E-state index contributed by atoms with van der Waals surface area (Å²) in [7, 11) is 1.64. The van der Waals surface area contributed by atoms with E-state index in [0.717, 1.165) is 27.8 Å². The largest absolute Gasteiger partial charge is 0.497 e. The van der Waals surface area contributed by atoms with E-state index in [9.17, 15) is 4.79 Å². The summed E-state index contributed by atoms with van der Waals surface area (Å²) >= 11 is 0. The molecule has 1 heterocycles. The Kier molecular flexibility index (Phi) is 5.20. The standard InChI is InChI=1S/C20H19N3O3/c1-25-16-6-4-5-14(9-16)11-23-12-15(10-18(22)20(24)26-13-21)17-7-2-3-8-19(17)23/h2-9,12,18H,10-11,22H2,1H3/t18-/m0/s1. The third-order valence-corrected chi connectivity index (χ3v) is 4.25. The van der Waals surface area contributed by atoms with Crippen molar-refractivity contribution in [3.05, 3.63) is 65.9 Å². The van der Waals surface area contributed by atoms with Gasteiger partial charge in [-0.15, -0.1) is 5.26 Å². The Hall–Kier alpha value is -3.30. The van der Waals surface area contributed by atoms with Gasteiger partial charge in [-0.2, -0.15) is 0 Å². The Morgan fingerprint density at radius 2 is 2.08 bits per heavy atom. The molecule has 0 saturated heterocycles. The normalized spacial score (nSPS) is 11.7. The molecule has 0 aliphatic rings. The summed E-state index contributed by atoms with van der Waals surface area (Å²) in [6.45, 7) is 0.662. The number of carbonyl (C=O) groups excluding carboxylic acids is 1. The maximum atomic E-state index is 11.7. The quantitative estimate of drug-likeness (QED) is 0.546. The Bertz CT molecular complexity index is 972. The topological polar surface area (TPSA) is 90.3 Å². The van der Waals surface area contributed by atoms with Gasteiger partial charge in [0.1, 0.15) is 11.8 Å². The number of nitrogens with zero attached hydrogens (tertiary/aromatic N) is 2. The number of rotatable bonds is 6. The van der Waals surface area contributed by atoms with Crippen LogP contribution in [0.25, 0.3) is 10.9 Å². The molecule has 2 aromatic carbocycles. The minimum atomic E-state index is -0.884. The minimum absolute atomic E-state index is 0.298. The van der Waals surface area contributed by atoms with Gasteiger partial charge in [0.2, 0.25) is 0 Å². The lowest BCUT2D eigenvalue weighted by Crippen LogP contribution is -2.33. The summed E-state index contributed by atoms with van der Waals surface area (Å²) in [4.78, 5) is 11.7. The second-order valence-corrected chi connectivity index (χ2v) is 5.97. The molecule has 0 saturated carbocycles. The highest BCUT2D eigenvalue weighted by Crippen LogP contribution is 2.24. The van der Waals surface area contributed by atoms with Crippen LogP contribution >= 0.6 is 0 Å². The van der Waals surface area contributed by atoms with Crippen LogP contribution in [0.3, 0.4) is 0 Å². The van der Waals surface area contributed by atoms with Crippen molar-refractivity contribution in [3.63, 3.8) is 0 Å². The van der Waals surface area contributed by atoms with Crippen molar-refractivity contribution in [2.24, 2.45) is 5.73 Å². The van der Waals surface area contributed by atoms with Crippen LogP contribution in [0.15, 0.2) is 54.7 Å². The van der Waals surface area contributed by atoms with Gasteiger partial charge in [0.15, 0.2) is 0 Å². The van der Waals surface area contributed by atoms with Crippen molar-refractivity contribution in [3.8, 4) is 12.0 Å². The van der Waals surface area contributed by atoms with E-state index in [1.807, 2.05) is 54.7 Å². The minimum Gasteiger partial charge on any atom is -0.497 e. The second-order valence-electron chi connectivity index (χ2n) is 5.97. The molecule has 0 aliphatic heterocycles. The molecule has 0 aliphatic carbocycles. The average molecular weight is 349 g/mol. The Balaban J connectivity index is 1.92. The molecule has 26 heavy (non-hydrogen) atoms. The first-order chi connectivity index (χ1) is 12.6. The van der Waals surface area contributed by atoms with Gasteiger partial charge < -0.3 is 19.8 Å². The lowest BCUT2D eigenvalue weighted by Gasteiger charge is -2.07. The monoisotopic (exact) mass is 349 g/mol. The number of carbonyl (C=O) groups is 1. The van der Waals surface area contributed by atoms with Gasteiger partial charge in [0.25, 0.3) is 6.26 Å². The van der Waals surface area contributed by atoms with Crippen molar-refractivity contribution < 1.29 is 14.3 Å². The van der Waals surface area contributed by atoms with Crippen LogP contribution in [0.2, 0.25) is 0 Å². The van der Waals surface area contributed by atoms with Crippen molar-refractivity contribution in [1.29, 1.82) is 5.26 Å². The molecular weight excluding hydrogens is 330 g/mol. The van der Waals surface area contributed by atoms with Crippen molar-refractivity contribution in [2.75, 3.05) is 7.11 Å². The summed E-state index contributed by atoms with van der Waals surface area (Å²) in [6, 6.07) is 14.9. The predicted molar refractivity (Wildman–Crippen MR) is 97.4 cm³/mol. The summed E-state index contributed by atoms with van der Waals surface area (Å²) in [5.41, 5.74) is 8.96. The van der Waals surface area contributed by atoms with Crippen LogP contribution in [0.5, 0.6) is 5.75 Å². The number of methoxy groups -OCH3 is 1. The molecule has 2 N–H and O–H groups in total. The Morgan fingerprint density at radius 3 is 2.85 bits per heavy atom. The zero-order chi connectivity index (χ0) is 18.5. The number of nitrogens with two attached hydrogens (primary N) is 1. The molecule has 0 amide bonds. The van der Waals surface area contributed by atoms with E-state index < -0.39 is 12.0 Å². The highest BCUT2D eigenvalue weighted by molar-refractivity contribution is 5.85. The molecule has 3 aromatic rings. The number of nitriles is 1. The SMILES string of the molecule is COc1cccc(Cn2cc(C[C@H](N)C(=O)OC#N)c3ccccc32)c1. The summed E-state index contributed by atoms with van der Waals surface area (Å²) in [6.07, 6.45) is 3.66. The smallest absolute Gasteiger partial charge is 0.338 e. The van der Waals surface area contributed by atoms with Crippen LogP contribution in [0.4, 0.5) is 0 Å². The number of fused-ring (bicyclic) bond motifs is 1. The number of benzene rings is 2. The Labute approximate surface area is 151 Å². The second kappa shape index (κ2) is 7.72. The molecule has 1 aromatic heterocycles. The van der Waals surface area contributed by atoms with E-state index >= 15 is 0 Å². The lowest BCUT2D eigenvalue weighted by molar-refractivity contribution is -0.138. The molecule has 0 radical (unpaired) electrons. The summed E-state index contributed by atoms with van der Waals surface area (Å²) in [5, 5.41) is 9.50. The fourth-order valence-corrected chi connectivity index (χ4v) is 3.02. The maximum Gasteiger partial charge on any atom is 0.338 e. The van der Waals surface area contributed by atoms with E-state index in [2.05, 4.69) is 9.30 Å². The molecule has 3 rings (SSSR count). The van der Waals surface area contributed by atoms with Crippen molar-refractivity contribution in [1.82, 2.24) is 4.57 Å². The Morgan fingerprint density at radius 1 is 1.27 bits per heavy atom. The van der Waals surface area contributed by atoms with E-state index in [-0.39, 0.29) is 0 Å². The first kappa shape index (κ1) is 17.5. The number of hydrogen-bond donors (Lipinski definition) is 1. The van der Waals surface area contributed by atoms with E-state index in [1.165, 1.54) is 6.26 Å². The maximum absolute atomic E-state index is 11.7. The summed E-state index contributed by atoms with van der Waals surface area (Å²) in [5.74, 6) is 0.0811. The fourth-order valence-electron chi connectivity index (χ4n) is 3.02. The molecule has 0 spiro atoms. The average Bonchev–Trinajstić information content (AvgIpc) is 2.99. The van der Waals surface area contributed by atoms with Gasteiger partial charge in [-0.25, -0.2) is 4.79 Å². The highest BCUT2D eigenvalue weighted by Gasteiger charge is 2.19. The lowest BCUT2D eigenvalue weighted by atomic mass is 10.1. The first-order valence-electron chi connectivity index (χ1n) is 8.17. The van der Waals surface area contributed by atoms with Crippen molar-refractivity contribution in [2.45, 2.75) is 19.0 Å². The van der Waals surface area contributed by atoms with Crippen LogP contribution in [-0.2, 0) is 22.5 Å². The van der Waals surface area contributed by atoms with Gasteiger partial charge in [-0.1, -0.05) is 30.3 Å².